The largest absolute Gasteiger partial charge is 0.365 e. The molecule has 2 aromatic rings. The van der Waals surface area contributed by atoms with Crippen molar-refractivity contribution in [2.75, 3.05) is 5.43 Å². The summed E-state index contributed by atoms with van der Waals surface area (Å²) >= 11 is 0. The average molecular weight is 371 g/mol. The predicted octanol–water partition coefficient (Wildman–Crippen LogP) is 3.13. The molecule has 27 heavy (non-hydrogen) atoms. The molecule has 1 N–H and O–H groups in total. The summed E-state index contributed by atoms with van der Waals surface area (Å²) in [5.41, 5.74) is 2.02. The van der Waals surface area contributed by atoms with Gasteiger partial charge in [-0.1, -0.05) is 23.4 Å². The number of nitrogens with one attached hydrogen (secondary N) is 1. The van der Waals surface area contributed by atoms with Crippen molar-refractivity contribution in [3.8, 4) is 0 Å². The Morgan fingerprint density at radius 2 is 1.81 bits per heavy atom. The molecular weight excluding hydrogens is 358 g/mol. The maximum atomic E-state index is 11.7. The molecule has 0 unspecified atom stereocenters. The molecule has 138 valence electrons. The number of hydrogen-bond acceptors (Lipinski definition) is 9. The molecule has 0 aliphatic heterocycles. The van der Waals surface area contributed by atoms with Crippen molar-refractivity contribution >= 4 is 35.0 Å². The molecule has 0 aromatic heterocycles. The summed E-state index contributed by atoms with van der Waals surface area (Å²) in [4.78, 5) is 36.6. The standard InChI is InChI=1S/C16H13N5O6/c1-11(10-17-27-16(22)12-5-3-2-4-6-12)18-19-14-8-7-13(20(23)24)9-15(14)21(25)26/h2-10,19H,1H3/b17-10-,18-11-. The lowest BCUT2D eigenvalue weighted by atomic mass is 10.2. The number of oxime groups is 1. The number of anilines is 1. The Morgan fingerprint density at radius 1 is 1.11 bits per heavy atom. The van der Waals surface area contributed by atoms with E-state index in [1.807, 2.05) is 0 Å². The highest BCUT2D eigenvalue weighted by atomic mass is 16.7. The van der Waals surface area contributed by atoms with Gasteiger partial charge in [0.25, 0.3) is 5.69 Å². The van der Waals surface area contributed by atoms with E-state index in [1.54, 1.807) is 30.3 Å². The zero-order chi connectivity index (χ0) is 19.8. The van der Waals surface area contributed by atoms with Gasteiger partial charge in [0.1, 0.15) is 5.69 Å². The minimum atomic E-state index is -0.768. The lowest BCUT2D eigenvalue weighted by molar-refractivity contribution is -0.393. The monoisotopic (exact) mass is 371 g/mol. The molecule has 0 bridgehead atoms. The molecule has 2 aromatic carbocycles. The van der Waals surface area contributed by atoms with E-state index in [0.29, 0.717) is 5.56 Å². The van der Waals surface area contributed by atoms with E-state index in [0.717, 1.165) is 18.3 Å². The minimum absolute atomic E-state index is 0.0420. The molecule has 0 amide bonds. The number of carbonyl (C=O) groups is 1. The van der Waals surface area contributed by atoms with E-state index in [1.165, 1.54) is 13.0 Å². The first kappa shape index (κ1) is 19.2. The fraction of sp³-hybridized carbons (Fsp3) is 0.0625. The van der Waals surface area contributed by atoms with Gasteiger partial charge < -0.3 is 4.84 Å². The second-order valence-corrected chi connectivity index (χ2v) is 5.06. The number of hydrogen-bond donors (Lipinski definition) is 1. The molecule has 0 heterocycles. The van der Waals surface area contributed by atoms with Crippen LogP contribution in [0.4, 0.5) is 17.1 Å². The van der Waals surface area contributed by atoms with E-state index in [4.69, 9.17) is 4.84 Å². The van der Waals surface area contributed by atoms with Gasteiger partial charge in [-0.2, -0.15) is 5.10 Å². The van der Waals surface area contributed by atoms with Crippen molar-refractivity contribution in [3.63, 3.8) is 0 Å². The summed E-state index contributed by atoms with van der Waals surface area (Å²) in [6.45, 7) is 1.50. The summed E-state index contributed by atoms with van der Waals surface area (Å²) in [6.07, 6.45) is 1.13. The van der Waals surface area contributed by atoms with Gasteiger partial charge in [-0.25, -0.2) is 4.79 Å². The van der Waals surface area contributed by atoms with Gasteiger partial charge in [0.2, 0.25) is 0 Å². The molecule has 0 saturated heterocycles. The first-order valence-electron chi connectivity index (χ1n) is 7.41. The number of nitro benzene ring substituents is 2. The van der Waals surface area contributed by atoms with E-state index >= 15 is 0 Å². The molecule has 0 saturated carbocycles. The van der Waals surface area contributed by atoms with Crippen LogP contribution < -0.4 is 5.43 Å². The highest BCUT2D eigenvalue weighted by Crippen LogP contribution is 2.28. The van der Waals surface area contributed by atoms with Gasteiger partial charge in [-0.3, -0.25) is 25.7 Å². The van der Waals surface area contributed by atoms with Crippen LogP contribution in [-0.2, 0) is 4.84 Å². The molecule has 0 aliphatic rings. The average Bonchev–Trinajstić information content (AvgIpc) is 2.66. The zero-order valence-corrected chi connectivity index (χ0v) is 13.9. The molecule has 11 heteroatoms. The van der Waals surface area contributed by atoms with E-state index in [9.17, 15) is 25.0 Å². The zero-order valence-electron chi connectivity index (χ0n) is 13.9. The molecule has 11 nitrogen and oxygen atoms in total. The predicted molar refractivity (Wildman–Crippen MR) is 96.8 cm³/mol. The van der Waals surface area contributed by atoms with Gasteiger partial charge in [0.05, 0.1) is 33.4 Å². The topological polar surface area (TPSA) is 149 Å². The summed E-state index contributed by atoms with van der Waals surface area (Å²) < 4.78 is 0. The number of non-ortho nitro benzene ring substituents is 1. The Kier molecular flexibility index (Phi) is 6.25. The molecule has 0 spiro atoms. The molecule has 0 fully saturated rings. The Bertz CT molecular complexity index is 926. The van der Waals surface area contributed by atoms with Crippen molar-refractivity contribution in [2.45, 2.75) is 6.92 Å². The van der Waals surface area contributed by atoms with Crippen LogP contribution in [0.25, 0.3) is 0 Å². The van der Waals surface area contributed by atoms with Crippen molar-refractivity contribution in [2.24, 2.45) is 10.3 Å². The second kappa shape index (κ2) is 8.80. The van der Waals surface area contributed by atoms with Crippen molar-refractivity contribution in [3.05, 3.63) is 74.3 Å². The van der Waals surface area contributed by atoms with Gasteiger partial charge in [0, 0.05) is 6.07 Å². The highest BCUT2D eigenvalue weighted by Gasteiger charge is 2.19. The molecule has 0 aliphatic carbocycles. The highest BCUT2D eigenvalue weighted by molar-refractivity contribution is 6.29. The summed E-state index contributed by atoms with van der Waals surface area (Å²) in [7, 11) is 0. The number of benzene rings is 2. The third-order valence-electron chi connectivity index (χ3n) is 3.13. The Labute approximate surface area is 152 Å². The molecule has 0 radical (unpaired) electrons. The van der Waals surface area contributed by atoms with Crippen molar-refractivity contribution in [1.29, 1.82) is 0 Å². The van der Waals surface area contributed by atoms with Crippen LogP contribution in [-0.4, -0.2) is 27.7 Å². The van der Waals surface area contributed by atoms with Gasteiger partial charge in [-0.15, -0.1) is 0 Å². The van der Waals surface area contributed by atoms with Crippen LogP contribution in [0.3, 0.4) is 0 Å². The fourth-order valence-electron chi connectivity index (χ4n) is 1.83. The van der Waals surface area contributed by atoms with Gasteiger partial charge in [0.15, 0.2) is 0 Å². The number of nitro groups is 2. The number of nitrogens with zero attached hydrogens (tertiary/aromatic N) is 4. The third kappa shape index (κ3) is 5.42. The first-order valence-corrected chi connectivity index (χ1v) is 7.41. The quantitative estimate of drug-likeness (QED) is 0.340. The Balaban J connectivity index is 2.03. The number of rotatable bonds is 7. The normalized spacial score (nSPS) is 11.2. The van der Waals surface area contributed by atoms with Gasteiger partial charge >= 0.3 is 11.7 Å². The SMILES string of the molecule is CC(/C=N\OC(=O)c1ccccc1)=N/Nc1ccc([N+](=O)[O-])cc1[N+](=O)[O-]. The first-order chi connectivity index (χ1) is 12.9. The summed E-state index contributed by atoms with van der Waals surface area (Å²) in [6, 6.07) is 11.3. The third-order valence-corrected chi connectivity index (χ3v) is 3.13. The number of carbonyl (C=O) groups excluding carboxylic acids is 1. The van der Waals surface area contributed by atoms with Crippen LogP contribution in [0.1, 0.15) is 17.3 Å². The molecular formula is C16H13N5O6. The summed E-state index contributed by atoms with van der Waals surface area (Å²) in [5.74, 6) is -0.654. The molecule has 2 rings (SSSR count). The smallest absolute Gasteiger partial charge is 0.313 e. The van der Waals surface area contributed by atoms with Crippen LogP contribution in [0, 0.1) is 20.2 Å². The van der Waals surface area contributed by atoms with Crippen LogP contribution >= 0.6 is 0 Å². The minimum Gasteiger partial charge on any atom is -0.313 e. The van der Waals surface area contributed by atoms with Crippen LogP contribution in [0.5, 0.6) is 0 Å². The van der Waals surface area contributed by atoms with Gasteiger partial charge in [-0.05, 0) is 25.1 Å². The van der Waals surface area contributed by atoms with Crippen LogP contribution in [0.2, 0.25) is 0 Å². The van der Waals surface area contributed by atoms with E-state index in [2.05, 4.69) is 15.7 Å². The maximum absolute atomic E-state index is 11.7. The van der Waals surface area contributed by atoms with E-state index < -0.39 is 27.2 Å². The second-order valence-electron chi connectivity index (χ2n) is 5.06. The van der Waals surface area contributed by atoms with E-state index in [-0.39, 0.29) is 11.4 Å². The number of hydrazone groups is 1. The lowest BCUT2D eigenvalue weighted by Crippen LogP contribution is -2.04. The summed E-state index contributed by atoms with van der Waals surface area (Å²) in [5, 5.41) is 29.1. The lowest BCUT2D eigenvalue weighted by Gasteiger charge is -2.02. The maximum Gasteiger partial charge on any atom is 0.365 e. The van der Waals surface area contributed by atoms with Crippen molar-refractivity contribution in [1.82, 2.24) is 0 Å². The molecule has 0 atom stereocenters. The Hall–Kier alpha value is -4.15. The van der Waals surface area contributed by atoms with Crippen molar-refractivity contribution < 1.29 is 19.5 Å². The van der Waals surface area contributed by atoms with Crippen LogP contribution in [0.15, 0.2) is 58.8 Å². The Morgan fingerprint density at radius 3 is 2.44 bits per heavy atom. The fourth-order valence-corrected chi connectivity index (χ4v) is 1.83.